The second kappa shape index (κ2) is 10.9. The maximum absolute atomic E-state index is 12.3. The molecule has 0 rings (SSSR count). The van der Waals surface area contributed by atoms with Crippen molar-refractivity contribution >= 4 is 12.1 Å². The van der Waals surface area contributed by atoms with Gasteiger partial charge in [0.25, 0.3) is 0 Å². The zero-order chi connectivity index (χ0) is 21.3. The van der Waals surface area contributed by atoms with E-state index in [0.29, 0.717) is 19.4 Å². The summed E-state index contributed by atoms with van der Waals surface area (Å²) in [7, 11) is 0. The maximum atomic E-state index is 12.3. The molecule has 0 aliphatic heterocycles. The van der Waals surface area contributed by atoms with Gasteiger partial charge in [-0.25, -0.2) is 4.79 Å². The van der Waals surface area contributed by atoms with Crippen LogP contribution in [0.15, 0.2) is 0 Å². The summed E-state index contributed by atoms with van der Waals surface area (Å²) in [5, 5.41) is 2.67. The zero-order valence-corrected chi connectivity index (χ0v) is 19.2. The summed E-state index contributed by atoms with van der Waals surface area (Å²) in [4.78, 5) is 23.9. The SMILES string of the molecule is CCCC(OC(=O)CCCNC(=O)OC(C)(C)C)C(C)(C)CC(C)(C)CC. The first-order valence-electron chi connectivity index (χ1n) is 10.4. The van der Waals surface area contributed by atoms with Crippen LogP contribution in [0.2, 0.25) is 0 Å². The van der Waals surface area contributed by atoms with Crippen LogP contribution < -0.4 is 5.32 Å². The molecule has 0 saturated carbocycles. The molecule has 5 nitrogen and oxygen atoms in total. The standard InChI is InChI=1S/C22H43NO4/c1-10-13-17(22(8,9)16-21(6,7)11-2)26-18(24)14-12-15-23-19(25)27-20(3,4)5/h17H,10-16H2,1-9H3,(H,23,25). The van der Waals surface area contributed by atoms with Gasteiger partial charge in [-0.1, -0.05) is 54.4 Å². The van der Waals surface area contributed by atoms with Crippen molar-refractivity contribution in [3.8, 4) is 0 Å². The fraction of sp³-hybridized carbons (Fsp3) is 0.909. The molecule has 27 heavy (non-hydrogen) atoms. The third-order valence-electron chi connectivity index (χ3n) is 4.81. The normalized spacial score (nSPS) is 13.8. The van der Waals surface area contributed by atoms with E-state index in [1.54, 1.807) is 0 Å². The van der Waals surface area contributed by atoms with Gasteiger partial charge in [0, 0.05) is 18.4 Å². The number of alkyl carbamates (subject to hydrolysis) is 1. The van der Waals surface area contributed by atoms with Crippen LogP contribution in [-0.4, -0.2) is 30.3 Å². The number of nitrogens with one attached hydrogen (secondary N) is 1. The van der Waals surface area contributed by atoms with Crippen molar-refractivity contribution in [2.75, 3.05) is 6.54 Å². The molecule has 1 atom stereocenters. The van der Waals surface area contributed by atoms with Crippen LogP contribution >= 0.6 is 0 Å². The molecule has 1 amide bonds. The van der Waals surface area contributed by atoms with E-state index in [1.165, 1.54) is 0 Å². The number of carbonyl (C=O) groups is 2. The Bertz CT molecular complexity index is 463. The summed E-state index contributed by atoms with van der Waals surface area (Å²) in [5.41, 5.74) is -0.368. The summed E-state index contributed by atoms with van der Waals surface area (Å²) in [6.07, 6.45) is 4.25. The van der Waals surface area contributed by atoms with E-state index < -0.39 is 11.7 Å². The molecule has 5 heteroatoms. The average molecular weight is 386 g/mol. The van der Waals surface area contributed by atoms with Gasteiger partial charge in [0.1, 0.15) is 11.7 Å². The van der Waals surface area contributed by atoms with Crippen molar-refractivity contribution in [1.29, 1.82) is 0 Å². The highest BCUT2D eigenvalue weighted by Gasteiger charge is 2.36. The molecule has 0 aromatic rings. The Labute approximate surface area is 167 Å². The van der Waals surface area contributed by atoms with Crippen molar-refractivity contribution in [2.24, 2.45) is 10.8 Å². The minimum atomic E-state index is -0.520. The Morgan fingerprint density at radius 3 is 2.07 bits per heavy atom. The predicted molar refractivity (Wildman–Crippen MR) is 111 cm³/mol. The Morgan fingerprint density at radius 2 is 1.59 bits per heavy atom. The number of hydrogen-bond donors (Lipinski definition) is 1. The highest BCUT2D eigenvalue weighted by molar-refractivity contribution is 5.70. The van der Waals surface area contributed by atoms with E-state index in [9.17, 15) is 9.59 Å². The van der Waals surface area contributed by atoms with Crippen LogP contribution in [0.25, 0.3) is 0 Å². The number of carbonyl (C=O) groups excluding carboxylic acids is 2. The lowest BCUT2D eigenvalue weighted by Crippen LogP contribution is -2.37. The van der Waals surface area contributed by atoms with Crippen LogP contribution in [0.5, 0.6) is 0 Å². The molecule has 0 aromatic heterocycles. The van der Waals surface area contributed by atoms with Crippen LogP contribution in [0, 0.1) is 10.8 Å². The van der Waals surface area contributed by atoms with Crippen molar-refractivity contribution in [3.05, 3.63) is 0 Å². The molecular formula is C22H43NO4. The fourth-order valence-electron chi connectivity index (χ4n) is 3.30. The number of hydrogen-bond acceptors (Lipinski definition) is 4. The van der Waals surface area contributed by atoms with Crippen LogP contribution in [-0.2, 0) is 14.3 Å². The predicted octanol–water partition coefficient (Wildman–Crippen LogP) is 5.86. The summed E-state index contributed by atoms with van der Waals surface area (Å²) in [6, 6.07) is 0. The fourth-order valence-corrected chi connectivity index (χ4v) is 3.30. The molecule has 0 heterocycles. The van der Waals surface area contributed by atoms with Crippen molar-refractivity contribution < 1.29 is 19.1 Å². The molecule has 0 aliphatic carbocycles. The van der Waals surface area contributed by atoms with E-state index in [2.05, 4.69) is 46.9 Å². The van der Waals surface area contributed by atoms with Gasteiger partial charge in [0.2, 0.25) is 0 Å². The number of rotatable bonds is 11. The lowest BCUT2D eigenvalue weighted by atomic mass is 9.70. The second-order valence-electron chi connectivity index (χ2n) is 9.98. The van der Waals surface area contributed by atoms with Crippen LogP contribution in [0.1, 0.15) is 101 Å². The minimum absolute atomic E-state index is 0.0695. The van der Waals surface area contributed by atoms with Gasteiger partial charge in [-0.2, -0.15) is 0 Å². The van der Waals surface area contributed by atoms with E-state index >= 15 is 0 Å². The summed E-state index contributed by atoms with van der Waals surface area (Å²) in [6.45, 7) is 19.1. The van der Waals surface area contributed by atoms with E-state index in [0.717, 1.165) is 25.7 Å². The smallest absolute Gasteiger partial charge is 0.407 e. The van der Waals surface area contributed by atoms with Gasteiger partial charge in [-0.3, -0.25) is 4.79 Å². The quantitative estimate of drug-likeness (QED) is 0.357. The first-order chi connectivity index (χ1) is 12.2. The number of ether oxygens (including phenoxy) is 2. The highest BCUT2D eigenvalue weighted by atomic mass is 16.6. The molecule has 0 fully saturated rings. The lowest BCUT2D eigenvalue weighted by Gasteiger charge is -2.39. The first-order valence-corrected chi connectivity index (χ1v) is 10.4. The number of esters is 1. The maximum Gasteiger partial charge on any atom is 0.407 e. The molecule has 0 spiro atoms. The Balaban J connectivity index is 4.50. The number of amides is 1. The topological polar surface area (TPSA) is 64.6 Å². The van der Waals surface area contributed by atoms with E-state index in [-0.39, 0.29) is 22.9 Å². The van der Waals surface area contributed by atoms with Gasteiger partial charge in [0.15, 0.2) is 0 Å². The van der Waals surface area contributed by atoms with Crippen molar-refractivity contribution in [2.45, 2.75) is 113 Å². The summed E-state index contributed by atoms with van der Waals surface area (Å²) in [5.74, 6) is -0.193. The van der Waals surface area contributed by atoms with Gasteiger partial charge < -0.3 is 14.8 Å². The molecule has 0 aromatic carbocycles. The van der Waals surface area contributed by atoms with E-state index in [1.807, 2.05) is 20.8 Å². The van der Waals surface area contributed by atoms with Gasteiger partial charge in [-0.15, -0.1) is 0 Å². The average Bonchev–Trinajstić information content (AvgIpc) is 2.48. The molecule has 0 bridgehead atoms. The monoisotopic (exact) mass is 385 g/mol. The highest BCUT2D eigenvalue weighted by Crippen LogP contribution is 2.40. The first kappa shape index (κ1) is 25.7. The third kappa shape index (κ3) is 11.9. The molecule has 0 aliphatic rings. The molecule has 0 saturated heterocycles. The van der Waals surface area contributed by atoms with Gasteiger partial charge in [0.05, 0.1) is 0 Å². The van der Waals surface area contributed by atoms with Crippen molar-refractivity contribution in [3.63, 3.8) is 0 Å². The lowest BCUT2D eigenvalue weighted by molar-refractivity contribution is -0.157. The summed E-state index contributed by atoms with van der Waals surface area (Å²) < 4.78 is 11.0. The van der Waals surface area contributed by atoms with Crippen LogP contribution in [0.3, 0.4) is 0 Å². The van der Waals surface area contributed by atoms with Gasteiger partial charge in [-0.05, 0) is 45.4 Å². The van der Waals surface area contributed by atoms with Crippen LogP contribution in [0.4, 0.5) is 4.79 Å². The Hall–Kier alpha value is -1.26. The molecule has 0 radical (unpaired) electrons. The largest absolute Gasteiger partial charge is 0.462 e. The molecular weight excluding hydrogens is 342 g/mol. The van der Waals surface area contributed by atoms with Crippen molar-refractivity contribution in [1.82, 2.24) is 5.32 Å². The molecule has 160 valence electrons. The van der Waals surface area contributed by atoms with Gasteiger partial charge >= 0.3 is 12.1 Å². The Kier molecular flexibility index (Phi) is 10.4. The second-order valence-corrected chi connectivity index (χ2v) is 9.98. The summed E-state index contributed by atoms with van der Waals surface area (Å²) >= 11 is 0. The zero-order valence-electron chi connectivity index (χ0n) is 19.2. The Morgan fingerprint density at radius 1 is 1.00 bits per heavy atom. The van der Waals surface area contributed by atoms with E-state index in [4.69, 9.17) is 9.47 Å². The molecule has 1 N–H and O–H groups in total. The molecule has 1 unspecified atom stereocenters. The minimum Gasteiger partial charge on any atom is -0.462 e. The third-order valence-corrected chi connectivity index (χ3v) is 4.81.